The Labute approximate surface area is 115 Å². The number of hydrogen-bond donors (Lipinski definition) is 1. The SMILES string of the molecule is Cc1nccn1-c1ccc(CNC2CC2)c(Br)c1. The first-order valence-electron chi connectivity index (χ1n) is 6.26. The molecule has 0 radical (unpaired) electrons. The van der Waals surface area contributed by atoms with E-state index >= 15 is 0 Å². The van der Waals surface area contributed by atoms with Gasteiger partial charge in [0.05, 0.1) is 0 Å². The normalized spacial score (nSPS) is 15.0. The van der Waals surface area contributed by atoms with Crippen molar-refractivity contribution in [3.63, 3.8) is 0 Å². The third kappa shape index (κ3) is 2.49. The molecule has 1 aromatic heterocycles. The second kappa shape index (κ2) is 4.86. The van der Waals surface area contributed by atoms with Gasteiger partial charge in [0.2, 0.25) is 0 Å². The first-order valence-corrected chi connectivity index (χ1v) is 7.05. The van der Waals surface area contributed by atoms with Crippen LogP contribution in [0.2, 0.25) is 0 Å². The van der Waals surface area contributed by atoms with E-state index in [1.54, 1.807) is 0 Å². The van der Waals surface area contributed by atoms with E-state index in [4.69, 9.17) is 0 Å². The summed E-state index contributed by atoms with van der Waals surface area (Å²) in [7, 11) is 0. The van der Waals surface area contributed by atoms with Gasteiger partial charge in [-0.05, 0) is 37.5 Å². The molecule has 1 aromatic carbocycles. The molecule has 1 aliphatic rings. The lowest BCUT2D eigenvalue weighted by molar-refractivity contribution is 0.686. The van der Waals surface area contributed by atoms with Crippen LogP contribution in [0.4, 0.5) is 0 Å². The molecule has 0 unspecified atom stereocenters. The average Bonchev–Trinajstić information content (AvgIpc) is 3.09. The highest BCUT2D eigenvalue weighted by Gasteiger charge is 2.20. The number of imidazole rings is 1. The Balaban J connectivity index is 1.81. The molecule has 1 aliphatic carbocycles. The molecule has 18 heavy (non-hydrogen) atoms. The minimum atomic E-state index is 0.743. The van der Waals surface area contributed by atoms with Crippen LogP contribution >= 0.6 is 15.9 Å². The van der Waals surface area contributed by atoms with Gasteiger partial charge in [0.25, 0.3) is 0 Å². The number of aryl methyl sites for hydroxylation is 1. The predicted octanol–water partition coefficient (Wildman–Crippen LogP) is 3.20. The topological polar surface area (TPSA) is 29.9 Å². The molecule has 0 atom stereocenters. The molecule has 4 heteroatoms. The number of rotatable bonds is 4. The zero-order chi connectivity index (χ0) is 12.5. The van der Waals surface area contributed by atoms with Crippen LogP contribution in [0.15, 0.2) is 35.1 Å². The van der Waals surface area contributed by atoms with Crippen molar-refractivity contribution >= 4 is 15.9 Å². The van der Waals surface area contributed by atoms with Crippen LogP contribution in [0.5, 0.6) is 0 Å². The summed E-state index contributed by atoms with van der Waals surface area (Å²) in [5.74, 6) is 1.01. The van der Waals surface area contributed by atoms with Gasteiger partial charge in [-0.15, -0.1) is 0 Å². The fourth-order valence-corrected chi connectivity index (χ4v) is 2.53. The summed E-state index contributed by atoms with van der Waals surface area (Å²) >= 11 is 3.65. The first-order chi connectivity index (χ1) is 8.74. The van der Waals surface area contributed by atoms with Gasteiger partial charge in [-0.25, -0.2) is 4.98 Å². The molecule has 3 nitrogen and oxygen atoms in total. The summed E-state index contributed by atoms with van der Waals surface area (Å²) in [5.41, 5.74) is 2.45. The van der Waals surface area contributed by atoms with Crippen LogP contribution in [0, 0.1) is 6.92 Å². The van der Waals surface area contributed by atoms with Crippen molar-refractivity contribution in [1.29, 1.82) is 0 Å². The second-order valence-corrected chi connectivity index (χ2v) is 5.63. The van der Waals surface area contributed by atoms with E-state index in [9.17, 15) is 0 Å². The number of hydrogen-bond acceptors (Lipinski definition) is 2. The van der Waals surface area contributed by atoms with Gasteiger partial charge < -0.3 is 9.88 Å². The van der Waals surface area contributed by atoms with Crippen LogP contribution in [0.1, 0.15) is 24.2 Å². The molecule has 0 spiro atoms. The lowest BCUT2D eigenvalue weighted by Crippen LogP contribution is -2.15. The molecule has 1 N–H and O–H groups in total. The fraction of sp³-hybridized carbons (Fsp3) is 0.357. The van der Waals surface area contributed by atoms with Crippen molar-refractivity contribution in [1.82, 2.24) is 14.9 Å². The van der Waals surface area contributed by atoms with Crippen LogP contribution in [-0.4, -0.2) is 15.6 Å². The Morgan fingerprint density at radius 3 is 2.89 bits per heavy atom. The molecule has 3 rings (SSSR count). The number of aromatic nitrogens is 2. The highest BCUT2D eigenvalue weighted by molar-refractivity contribution is 9.10. The van der Waals surface area contributed by atoms with Crippen LogP contribution < -0.4 is 5.32 Å². The maximum atomic E-state index is 4.25. The summed E-state index contributed by atoms with van der Waals surface area (Å²) < 4.78 is 3.24. The van der Waals surface area contributed by atoms with E-state index < -0.39 is 0 Å². The van der Waals surface area contributed by atoms with Gasteiger partial charge in [-0.3, -0.25) is 0 Å². The van der Waals surface area contributed by atoms with Gasteiger partial charge in [-0.1, -0.05) is 22.0 Å². The van der Waals surface area contributed by atoms with Crippen LogP contribution in [-0.2, 0) is 6.54 Å². The number of benzene rings is 1. The Morgan fingerprint density at radius 2 is 2.28 bits per heavy atom. The number of halogens is 1. The molecular formula is C14H16BrN3. The molecule has 0 saturated heterocycles. The zero-order valence-corrected chi connectivity index (χ0v) is 11.9. The minimum Gasteiger partial charge on any atom is -0.310 e. The van der Waals surface area contributed by atoms with E-state index in [0.717, 1.165) is 28.6 Å². The van der Waals surface area contributed by atoms with Gasteiger partial charge in [0.1, 0.15) is 5.82 Å². The molecule has 1 heterocycles. The Kier molecular flexibility index (Phi) is 3.22. The summed E-state index contributed by atoms with van der Waals surface area (Å²) in [6.45, 7) is 2.95. The molecule has 2 aromatic rings. The van der Waals surface area contributed by atoms with Gasteiger partial charge in [0.15, 0.2) is 0 Å². The number of nitrogens with zero attached hydrogens (tertiary/aromatic N) is 2. The third-order valence-corrected chi connectivity index (χ3v) is 4.04. The van der Waals surface area contributed by atoms with Gasteiger partial charge in [-0.2, -0.15) is 0 Å². The zero-order valence-electron chi connectivity index (χ0n) is 10.4. The smallest absolute Gasteiger partial charge is 0.110 e. The first kappa shape index (κ1) is 11.9. The van der Waals surface area contributed by atoms with E-state index in [1.165, 1.54) is 18.4 Å². The van der Waals surface area contributed by atoms with Crippen molar-refractivity contribution in [2.75, 3.05) is 0 Å². The summed E-state index contributed by atoms with van der Waals surface area (Å²) in [6.07, 6.45) is 6.46. The van der Waals surface area contributed by atoms with E-state index in [2.05, 4.69) is 49.0 Å². The van der Waals surface area contributed by atoms with E-state index in [0.29, 0.717) is 0 Å². The predicted molar refractivity (Wildman–Crippen MR) is 75.9 cm³/mol. The fourth-order valence-electron chi connectivity index (χ4n) is 2.02. The van der Waals surface area contributed by atoms with Crippen LogP contribution in [0.3, 0.4) is 0 Å². The van der Waals surface area contributed by atoms with Crippen molar-refractivity contribution in [3.8, 4) is 5.69 Å². The van der Waals surface area contributed by atoms with Crippen molar-refractivity contribution in [2.45, 2.75) is 32.4 Å². The number of nitrogens with one attached hydrogen (secondary N) is 1. The summed E-state index contributed by atoms with van der Waals surface area (Å²) in [5, 5.41) is 3.53. The third-order valence-electron chi connectivity index (χ3n) is 3.30. The summed E-state index contributed by atoms with van der Waals surface area (Å²) in [4.78, 5) is 4.25. The molecule has 1 fully saturated rings. The lowest BCUT2D eigenvalue weighted by atomic mass is 10.2. The average molecular weight is 306 g/mol. The van der Waals surface area contributed by atoms with Crippen molar-refractivity contribution < 1.29 is 0 Å². The second-order valence-electron chi connectivity index (χ2n) is 4.78. The molecule has 0 aliphatic heterocycles. The summed E-state index contributed by atoms with van der Waals surface area (Å²) in [6, 6.07) is 7.21. The van der Waals surface area contributed by atoms with Crippen LogP contribution in [0.25, 0.3) is 5.69 Å². The largest absolute Gasteiger partial charge is 0.310 e. The maximum absolute atomic E-state index is 4.25. The lowest BCUT2D eigenvalue weighted by Gasteiger charge is -2.10. The minimum absolute atomic E-state index is 0.743. The van der Waals surface area contributed by atoms with E-state index in [1.807, 2.05) is 19.3 Å². The maximum Gasteiger partial charge on any atom is 0.110 e. The van der Waals surface area contributed by atoms with Crippen molar-refractivity contribution in [3.05, 3.63) is 46.5 Å². The molecule has 1 saturated carbocycles. The highest BCUT2D eigenvalue weighted by Crippen LogP contribution is 2.24. The molecule has 0 bridgehead atoms. The van der Waals surface area contributed by atoms with Gasteiger partial charge >= 0.3 is 0 Å². The van der Waals surface area contributed by atoms with E-state index in [-0.39, 0.29) is 0 Å². The Bertz CT molecular complexity index is 558. The Morgan fingerprint density at radius 1 is 1.44 bits per heavy atom. The monoisotopic (exact) mass is 305 g/mol. The van der Waals surface area contributed by atoms with Crippen molar-refractivity contribution in [2.24, 2.45) is 0 Å². The standard InChI is InChI=1S/C14H16BrN3/c1-10-16-6-7-18(10)13-5-2-11(14(15)8-13)9-17-12-3-4-12/h2,5-8,12,17H,3-4,9H2,1H3. The molecule has 94 valence electrons. The quantitative estimate of drug-likeness (QED) is 0.940. The molecule has 0 amide bonds. The highest BCUT2D eigenvalue weighted by atomic mass is 79.9. The van der Waals surface area contributed by atoms with Gasteiger partial charge in [0, 0.05) is 35.1 Å². The Hall–Kier alpha value is -1.13. The molecular weight excluding hydrogens is 290 g/mol.